The van der Waals surface area contributed by atoms with Crippen LogP contribution in [0.25, 0.3) is 32.7 Å². The molecule has 8 aromatic carbocycles. The minimum atomic E-state index is -0.553. The number of hydrogen-bond acceptors (Lipinski definition) is 15. The van der Waals surface area contributed by atoms with E-state index < -0.39 is 41.4 Å². The topological polar surface area (TPSA) is 219 Å². The fraction of sp³-hybridized carbons (Fsp3) is 0.380. The van der Waals surface area contributed by atoms with Crippen molar-refractivity contribution < 1.29 is 75.6 Å². The van der Waals surface area contributed by atoms with Gasteiger partial charge >= 0.3 is 18.3 Å². The zero-order chi connectivity index (χ0) is 81.9. The van der Waals surface area contributed by atoms with E-state index in [1.807, 2.05) is 192 Å². The molecule has 3 saturated heterocycles. The van der Waals surface area contributed by atoms with E-state index in [0.717, 1.165) is 115 Å². The van der Waals surface area contributed by atoms with E-state index in [-0.39, 0.29) is 47.7 Å². The number of nitrogens with zero attached hydrogens (tertiary/aromatic N) is 3. The third-order valence-electron chi connectivity index (χ3n) is 21.5. The van der Waals surface area contributed by atoms with E-state index in [1.165, 1.54) is 35.4 Å². The van der Waals surface area contributed by atoms with Gasteiger partial charge < -0.3 is 71.8 Å². The Kier molecular flexibility index (Phi) is 24.6. The normalized spacial score (nSPS) is 20.3. The molecule has 3 fully saturated rings. The lowest BCUT2D eigenvalue weighted by atomic mass is 9.92. The van der Waals surface area contributed by atoms with Gasteiger partial charge in [0.1, 0.15) is 52.7 Å². The number of hydrogen-bond donors (Lipinski definition) is 3. The molecular weight excluding hydrogens is 1550 g/mol. The molecular formula is C92H98Cl3FN6O15. The van der Waals surface area contributed by atoms with Crippen molar-refractivity contribution in [1.82, 2.24) is 29.7 Å². The highest BCUT2D eigenvalue weighted by Crippen LogP contribution is 2.45. The van der Waals surface area contributed by atoms with Crippen LogP contribution in [-0.4, -0.2) is 149 Å². The molecule has 0 aliphatic carbocycles. The Bertz CT molecular complexity index is 5320. The molecule has 0 spiro atoms. The number of halogens is 4. The van der Waals surface area contributed by atoms with Crippen molar-refractivity contribution in [1.29, 1.82) is 0 Å². The molecule has 3 amide bonds. The third kappa shape index (κ3) is 19.8. The molecule has 614 valence electrons. The zero-order valence-corrected chi connectivity index (χ0v) is 69.3. The van der Waals surface area contributed by atoms with Crippen LogP contribution in [0.4, 0.5) is 18.8 Å². The lowest BCUT2D eigenvalue weighted by molar-refractivity contribution is -0.140. The van der Waals surface area contributed by atoms with Gasteiger partial charge in [-0.25, -0.2) is 18.8 Å². The van der Waals surface area contributed by atoms with E-state index in [4.69, 9.17) is 91.6 Å². The molecule has 6 aliphatic heterocycles. The highest BCUT2D eigenvalue weighted by Gasteiger charge is 2.41. The highest BCUT2D eigenvalue weighted by atomic mass is 35.5. The lowest BCUT2D eigenvalue weighted by Crippen LogP contribution is -2.42. The molecule has 3 unspecified atom stereocenters. The SMILES string of the molecule is CC(C)(C)COC(=O)N1CCc2c([nH]c3ccc(Cl)cc23)C1c1ccc(OCC[C@H]2COC(C)(C)O2)cc1.CC1(C)OC[C@H](CCOc2ccc(C3c4[nH]c5ccc(Cl)cc5c4CCN3C(=O)Oc3ccc(F)cc3)cc2)O1.CC1(C)OC[C@H](CCOc2ccc(C3c4[nH]c5ccc(Cl)cc5c4CCN3C(=O)Oc3ccccc3)cc2)O1. The van der Waals surface area contributed by atoms with Gasteiger partial charge in [0.15, 0.2) is 17.4 Å². The van der Waals surface area contributed by atoms with Gasteiger partial charge in [0.2, 0.25) is 0 Å². The molecule has 17 rings (SSSR count). The predicted molar refractivity (Wildman–Crippen MR) is 447 cm³/mol. The van der Waals surface area contributed by atoms with Gasteiger partial charge in [-0.3, -0.25) is 14.7 Å². The third-order valence-corrected chi connectivity index (χ3v) is 22.2. The van der Waals surface area contributed by atoms with E-state index in [9.17, 15) is 18.8 Å². The molecule has 0 saturated carbocycles. The van der Waals surface area contributed by atoms with E-state index in [1.54, 1.807) is 21.9 Å². The zero-order valence-electron chi connectivity index (χ0n) is 67.1. The molecule has 25 heteroatoms. The van der Waals surface area contributed by atoms with Crippen LogP contribution in [0.5, 0.6) is 28.7 Å². The number of benzene rings is 8. The highest BCUT2D eigenvalue weighted by molar-refractivity contribution is 6.32. The largest absolute Gasteiger partial charge is 0.493 e. The van der Waals surface area contributed by atoms with Gasteiger partial charge in [0.25, 0.3) is 0 Å². The Balaban J connectivity index is 0.000000138. The second-order valence-corrected chi connectivity index (χ2v) is 34.1. The van der Waals surface area contributed by atoms with Crippen molar-refractivity contribution in [2.24, 2.45) is 5.41 Å². The maximum atomic E-state index is 13.4. The van der Waals surface area contributed by atoms with Crippen LogP contribution in [0.15, 0.2) is 182 Å². The van der Waals surface area contributed by atoms with E-state index >= 15 is 0 Å². The quantitative estimate of drug-likeness (QED) is 0.0727. The lowest BCUT2D eigenvalue weighted by Gasteiger charge is -2.36. The number of amides is 3. The fourth-order valence-corrected chi connectivity index (χ4v) is 16.5. The summed E-state index contributed by atoms with van der Waals surface area (Å²) in [5.74, 6) is 1.04. The summed E-state index contributed by atoms with van der Waals surface area (Å²) in [4.78, 5) is 56.1. The molecule has 21 nitrogen and oxygen atoms in total. The number of aromatic nitrogens is 3. The van der Waals surface area contributed by atoms with E-state index in [2.05, 4.69) is 35.7 Å². The Morgan fingerprint density at radius 3 is 1.06 bits per heavy atom. The summed E-state index contributed by atoms with van der Waals surface area (Å²) in [5.41, 5.74) is 12.0. The maximum absolute atomic E-state index is 13.4. The summed E-state index contributed by atoms with van der Waals surface area (Å²) >= 11 is 19.0. The number of aromatic amines is 3. The smallest absolute Gasteiger partial charge is 0.416 e. The van der Waals surface area contributed by atoms with Crippen LogP contribution < -0.4 is 23.7 Å². The number of para-hydroxylation sites is 1. The van der Waals surface area contributed by atoms with Crippen LogP contribution in [0.2, 0.25) is 15.1 Å². The van der Waals surface area contributed by atoms with E-state index in [0.29, 0.717) is 99.5 Å². The van der Waals surface area contributed by atoms with Gasteiger partial charge in [-0.1, -0.05) is 110 Å². The Labute approximate surface area is 695 Å². The number of nitrogens with one attached hydrogen (secondary N) is 3. The first kappa shape index (κ1) is 82.3. The molecule has 3 N–H and O–H groups in total. The Morgan fingerprint density at radius 2 is 0.744 bits per heavy atom. The second kappa shape index (κ2) is 35.0. The summed E-state index contributed by atoms with van der Waals surface area (Å²) in [6.45, 7) is 22.8. The summed E-state index contributed by atoms with van der Waals surface area (Å²) in [5, 5.41) is 5.26. The first-order valence-corrected chi connectivity index (χ1v) is 41.0. The van der Waals surface area contributed by atoms with Crippen molar-refractivity contribution >= 4 is 85.8 Å². The van der Waals surface area contributed by atoms with Crippen molar-refractivity contribution in [3.63, 3.8) is 0 Å². The Hall–Kier alpha value is -9.85. The van der Waals surface area contributed by atoms with Crippen LogP contribution in [0.1, 0.15) is 150 Å². The van der Waals surface area contributed by atoms with Gasteiger partial charge in [-0.2, -0.15) is 0 Å². The van der Waals surface area contributed by atoms with Crippen LogP contribution in [0.3, 0.4) is 0 Å². The van der Waals surface area contributed by atoms with Gasteiger partial charge in [0, 0.05) is 104 Å². The average Bonchev–Trinajstić information content (AvgIpc) is 1.64. The molecule has 11 aromatic rings. The molecule has 6 aliphatic rings. The van der Waals surface area contributed by atoms with Crippen molar-refractivity contribution in [3.05, 3.63) is 253 Å². The van der Waals surface area contributed by atoms with Crippen LogP contribution in [-0.2, 0) is 52.4 Å². The van der Waals surface area contributed by atoms with Crippen molar-refractivity contribution in [3.8, 4) is 28.7 Å². The summed E-state index contributed by atoms with van der Waals surface area (Å²) in [6.07, 6.45) is 3.12. The molecule has 6 atom stereocenters. The average molecular weight is 1650 g/mol. The molecule has 117 heavy (non-hydrogen) atoms. The second-order valence-electron chi connectivity index (χ2n) is 32.7. The van der Waals surface area contributed by atoms with Gasteiger partial charge in [0.05, 0.1) is 64.6 Å². The number of rotatable bonds is 18. The predicted octanol–water partition coefficient (Wildman–Crippen LogP) is 20.8. The summed E-state index contributed by atoms with van der Waals surface area (Å²) < 4.78 is 83.0. The number of H-pyrrole nitrogens is 3. The first-order valence-electron chi connectivity index (χ1n) is 39.9. The standard InChI is InChI=1S/C31H30ClFN2O5.C31H31ClN2O5.C30H37ClN2O5/c1-31(2)38-18-24(40-31)14-16-37-22-8-3-19(4-9-22)29-28-25(26-17-20(32)5-12-27(26)34-28)13-15-35(29)30(36)39-23-10-6-21(33)7-11-23;1-31(2)37-19-24(39-31)15-17-36-22-11-8-20(9-12-22)29-28-25(26-18-21(32)10-13-27(26)33-28)14-16-34(29)30(35)38-23-6-4-3-5-7-23;1-29(2,3)18-36-28(34)33-14-12-23-24-16-20(31)8-11-25(24)32-26(23)27(33)19-6-9-21(10-7-19)35-15-13-22-17-37-30(4,5)38-22/h3-12,17,24,29,34H,13-16,18H2,1-2H3;3-13,18,24,29,33H,14-17,19H2,1-2H3;6-11,16,22,27,32H,12-15,17-18H2,1-5H3/t2*24-,29?;22-,27?/m000/s1. The van der Waals surface area contributed by atoms with Crippen LogP contribution >= 0.6 is 34.8 Å². The minimum absolute atomic E-state index is 0.00567. The monoisotopic (exact) mass is 1650 g/mol. The van der Waals surface area contributed by atoms with Crippen LogP contribution in [0, 0.1) is 11.2 Å². The summed E-state index contributed by atoms with van der Waals surface area (Å²) in [6, 6.07) is 54.5. The fourth-order valence-electron chi connectivity index (χ4n) is 16.0. The minimum Gasteiger partial charge on any atom is -0.493 e. The number of fused-ring (bicyclic) bond motifs is 9. The van der Waals surface area contributed by atoms with Crippen molar-refractivity contribution in [2.45, 2.75) is 155 Å². The van der Waals surface area contributed by atoms with Crippen molar-refractivity contribution in [2.75, 3.05) is 65.9 Å². The number of carbonyl (C=O) groups is 3. The Morgan fingerprint density at radius 1 is 0.427 bits per heavy atom. The molecule has 0 bridgehead atoms. The first-order chi connectivity index (χ1) is 56.1. The maximum Gasteiger partial charge on any atom is 0.416 e. The van der Waals surface area contributed by atoms with Gasteiger partial charge in [-0.05, 0) is 227 Å². The molecule has 9 heterocycles. The van der Waals surface area contributed by atoms with Gasteiger partial charge in [-0.15, -0.1) is 0 Å². The molecule has 3 aromatic heterocycles. The molecule has 0 radical (unpaired) electrons. The number of carbonyl (C=O) groups excluding carboxylic acids is 3. The summed E-state index contributed by atoms with van der Waals surface area (Å²) in [7, 11) is 0. The number of ether oxygens (including phenoxy) is 12.